The summed E-state index contributed by atoms with van der Waals surface area (Å²) in [4.78, 5) is 15.0. The normalized spacial score (nSPS) is 13.9. The third kappa shape index (κ3) is 2.62. The molecule has 2 heterocycles. The van der Waals surface area contributed by atoms with Gasteiger partial charge in [-0.3, -0.25) is 4.79 Å². The van der Waals surface area contributed by atoms with Gasteiger partial charge in [0.2, 0.25) is 5.78 Å². The quantitative estimate of drug-likeness (QED) is 0.785. The first-order chi connectivity index (χ1) is 10.1. The van der Waals surface area contributed by atoms with Crippen LogP contribution in [0.5, 0.6) is 5.75 Å². The molecule has 4 heteroatoms. The summed E-state index contributed by atoms with van der Waals surface area (Å²) in [5, 5.41) is 0. The van der Waals surface area contributed by atoms with Gasteiger partial charge < -0.3 is 4.74 Å². The summed E-state index contributed by atoms with van der Waals surface area (Å²) in [5.41, 5.74) is 4.19. The number of methoxy groups -OCH3 is 1. The molecule has 0 saturated carbocycles. The number of benzene rings is 1. The molecule has 0 fully saturated rings. The summed E-state index contributed by atoms with van der Waals surface area (Å²) in [6, 6.07) is 5.95. The van der Waals surface area contributed by atoms with Crippen LogP contribution in [-0.4, -0.2) is 18.6 Å². The molecule has 1 aromatic heterocycles. The van der Waals surface area contributed by atoms with E-state index in [0.29, 0.717) is 11.3 Å². The number of ketones is 1. The molecular formula is C17H18O2S2. The van der Waals surface area contributed by atoms with Gasteiger partial charge in [-0.25, -0.2) is 0 Å². The van der Waals surface area contributed by atoms with Crippen molar-refractivity contribution in [3.63, 3.8) is 0 Å². The van der Waals surface area contributed by atoms with Gasteiger partial charge in [0.05, 0.1) is 17.6 Å². The summed E-state index contributed by atoms with van der Waals surface area (Å²) in [6.45, 7) is 4.04. The molecule has 3 rings (SSSR count). The highest BCUT2D eigenvalue weighted by molar-refractivity contribution is 7.98. The van der Waals surface area contributed by atoms with Crippen molar-refractivity contribution in [3.8, 4) is 5.75 Å². The molecule has 0 radical (unpaired) electrons. The van der Waals surface area contributed by atoms with E-state index in [-0.39, 0.29) is 5.78 Å². The van der Waals surface area contributed by atoms with Gasteiger partial charge in [0.15, 0.2) is 0 Å². The van der Waals surface area contributed by atoms with Crippen molar-refractivity contribution in [2.24, 2.45) is 0 Å². The standard InChI is InChI=1S/C17H18O2S2/c1-10-4-5-13(17(19-3)11(10)2)16(18)15-8-12-9-20-7-6-14(12)21-15/h4-5,8H,6-7,9H2,1-3H3. The third-order valence-corrected chi connectivity index (χ3v) is 6.22. The Bertz CT molecular complexity index is 678. The highest BCUT2D eigenvalue weighted by atomic mass is 32.2. The fourth-order valence-electron chi connectivity index (χ4n) is 2.62. The van der Waals surface area contributed by atoms with Crippen LogP contribution >= 0.6 is 23.1 Å². The van der Waals surface area contributed by atoms with Gasteiger partial charge in [-0.15, -0.1) is 11.3 Å². The van der Waals surface area contributed by atoms with E-state index >= 15 is 0 Å². The second-order valence-corrected chi connectivity index (χ2v) is 7.52. The lowest BCUT2D eigenvalue weighted by Crippen LogP contribution is -2.04. The van der Waals surface area contributed by atoms with Crippen LogP contribution in [0.1, 0.15) is 36.8 Å². The molecule has 21 heavy (non-hydrogen) atoms. The highest BCUT2D eigenvalue weighted by Gasteiger charge is 2.22. The Hall–Kier alpha value is -1.26. The molecule has 0 aliphatic carbocycles. The second kappa shape index (κ2) is 5.85. The molecule has 1 aliphatic heterocycles. The molecule has 0 atom stereocenters. The lowest BCUT2D eigenvalue weighted by molar-refractivity contribution is 0.103. The van der Waals surface area contributed by atoms with Gasteiger partial charge in [0.1, 0.15) is 5.75 Å². The average molecular weight is 318 g/mol. The number of ether oxygens (including phenoxy) is 1. The molecule has 110 valence electrons. The van der Waals surface area contributed by atoms with Crippen molar-refractivity contribution >= 4 is 28.9 Å². The largest absolute Gasteiger partial charge is 0.496 e. The number of fused-ring (bicyclic) bond motifs is 1. The van der Waals surface area contributed by atoms with Gasteiger partial charge in [-0.05, 0) is 54.8 Å². The molecule has 0 saturated heterocycles. The minimum Gasteiger partial charge on any atom is -0.496 e. The minimum atomic E-state index is 0.0827. The Labute approximate surface area is 133 Å². The minimum absolute atomic E-state index is 0.0827. The molecule has 0 N–H and O–H groups in total. The van der Waals surface area contributed by atoms with Crippen molar-refractivity contribution in [1.29, 1.82) is 0 Å². The SMILES string of the molecule is COc1c(C(=O)c2cc3c(s2)CCSC3)ccc(C)c1C. The third-order valence-electron chi connectivity index (χ3n) is 3.98. The molecule has 1 aromatic carbocycles. The first kappa shape index (κ1) is 14.7. The fraction of sp³-hybridized carbons (Fsp3) is 0.353. The van der Waals surface area contributed by atoms with E-state index in [1.54, 1.807) is 18.4 Å². The van der Waals surface area contributed by atoms with Crippen molar-refractivity contribution in [3.05, 3.63) is 50.2 Å². The van der Waals surface area contributed by atoms with Crippen LogP contribution in [0.25, 0.3) is 0 Å². The van der Waals surface area contributed by atoms with Gasteiger partial charge in [0, 0.05) is 10.6 Å². The lowest BCUT2D eigenvalue weighted by atomic mass is 10.0. The Morgan fingerprint density at radius 1 is 1.29 bits per heavy atom. The topological polar surface area (TPSA) is 26.3 Å². The van der Waals surface area contributed by atoms with Gasteiger partial charge in [-0.2, -0.15) is 11.8 Å². The number of carbonyl (C=O) groups is 1. The van der Waals surface area contributed by atoms with E-state index in [1.165, 1.54) is 10.4 Å². The van der Waals surface area contributed by atoms with Crippen molar-refractivity contribution in [1.82, 2.24) is 0 Å². The monoisotopic (exact) mass is 318 g/mol. The molecule has 0 unspecified atom stereocenters. The van der Waals surface area contributed by atoms with Crippen LogP contribution < -0.4 is 4.74 Å². The maximum atomic E-state index is 12.8. The number of hydrogen-bond donors (Lipinski definition) is 0. The summed E-state index contributed by atoms with van der Waals surface area (Å²) in [5.74, 6) is 2.98. The smallest absolute Gasteiger partial charge is 0.206 e. The van der Waals surface area contributed by atoms with Gasteiger partial charge >= 0.3 is 0 Å². The first-order valence-electron chi connectivity index (χ1n) is 7.00. The molecule has 1 aliphatic rings. The number of aryl methyl sites for hydroxylation is 2. The van der Waals surface area contributed by atoms with E-state index in [0.717, 1.165) is 33.9 Å². The van der Waals surface area contributed by atoms with Crippen molar-refractivity contribution in [2.75, 3.05) is 12.9 Å². The van der Waals surface area contributed by atoms with Crippen LogP contribution in [0.3, 0.4) is 0 Å². The average Bonchev–Trinajstić information content (AvgIpc) is 2.93. The number of rotatable bonds is 3. The lowest BCUT2D eigenvalue weighted by Gasteiger charge is -2.12. The summed E-state index contributed by atoms with van der Waals surface area (Å²) >= 11 is 3.59. The number of thiophene rings is 1. The number of carbonyl (C=O) groups excluding carboxylic acids is 1. The van der Waals surface area contributed by atoms with E-state index < -0.39 is 0 Å². The molecule has 2 aromatic rings. The Morgan fingerprint density at radius 2 is 2.10 bits per heavy atom. The zero-order valence-corrected chi connectivity index (χ0v) is 14.1. The van der Waals surface area contributed by atoms with Crippen LogP contribution in [0.4, 0.5) is 0 Å². The van der Waals surface area contributed by atoms with Crippen molar-refractivity contribution < 1.29 is 9.53 Å². The Kier molecular flexibility index (Phi) is 4.09. The van der Waals surface area contributed by atoms with E-state index in [1.807, 2.05) is 37.7 Å². The first-order valence-corrected chi connectivity index (χ1v) is 8.97. The molecule has 2 nitrogen and oxygen atoms in total. The second-order valence-electron chi connectivity index (χ2n) is 5.28. The van der Waals surface area contributed by atoms with E-state index in [4.69, 9.17) is 4.74 Å². The van der Waals surface area contributed by atoms with Crippen LogP contribution in [0, 0.1) is 13.8 Å². The van der Waals surface area contributed by atoms with Crippen LogP contribution in [0.2, 0.25) is 0 Å². The predicted octanol–water partition coefficient (Wildman–Crippen LogP) is 4.39. The Balaban J connectivity index is 2.02. The predicted molar refractivity (Wildman–Crippen MR) is 90.1 cm³/mol. The van der Waals surface area contributed by atoms with E-state index in [9.17, 15) is 4.79 Å². The van der Waals surface area contributed by atoms with Crippen LogP contribution in [0.15, 0.2) is 18.2 Å². The Morgan fingerprint density at radius 3 is 2.81 bits per heavy atom. The van der Waals surface area contributed by atoms with Gasteiger partial charge in [0.25, 0.3) is 0 Å². The van der Waals surface area contributed by atoms with Crippen LogP contribution in [-0.2, 0) is 12.2 Å². The molecule has 0 spiro atoms. The zero-order chi connectivity index (χ0) is 15.0. The van der Waals surface area contributed by atoms with Crippen molar-refractivity contribution in [2.45, 2.75) is 26.0 Å². The van der Waals surface area contributed by atoms with Gasteiger partial charge in [-0.1, -0.05) is 6.07 Å². The maximum absolute atomic E-state index is 12.8. The zero-order valence-electron chi connectivity index (χ0n) is 12.5. The fourth-order valence-corrected chi connectivity index (χ4v) is 4.95. The summed E-state index contributed by atoms with van der Waals surface area (Å²) < 4.78 is 5.48. The highest BCUT2D eigenvalue weighted by Crippen LogP contribution is 2.35. The maximum Gasteiger partial charge on any atom is 0.206 e. The number of hydrogen-bond acceptors (Lipinski definition) is 4. The number of thioether (sulfide) groups is 1. The summed E-state index contributed by atoms with van der Waals surface area (Å²) in [7, 11) is 1.63. The molecule has 0 amide bonds. The van der Waals surface area contributed by atoms with E-state index in [2.05, 4.69) is 6.07 Å². The molecular weight excluding hydrogens is 300 g/mol. The molecule has 0 bridgehead atoms. The summed E-state index contributed by atoms with van der Waals surface area (Å²) in [6.07, 6.45) is 1.09.